The maximum Gasteiger partial charge on any atom is 0.238 e. The van der Waals surface area contributed by atoms with Crippen molar-refractivity contribution in [3.63, 3.8) is 0 Å². The van der Waals surface area contributed by atoms with Crippen molar-refractivity contribution in [2.24, 2.45) is 5.84 Å². The van der Waals surface area contributed by atoms with Crippen LogP contribution >= 0.6 is 23.1 Å². The highest BCUT2D eigenvalue weighted by Gasteiger charge is 2.06. The van der Waals surface area contributed by atoms with E-state index in [-0.39, 0.29) is 0 Å². The van der Waals surface area contributed by atoms with Gasteiger partial charge in [-0.3, -0.25) is 5.43 Å². The number of aromatic nitrogens is 4. The molecule has 2 aromatic heterocycles. The quantitative estimate of drug-likeness (QED) is 0.486. The fraction of sp³-hybridized carbons (Fsp3) is 0.250. The number of rotatable bonds is 3. The molecule has 0 bridgehead atoms. The summed E-state index contributed by atoms with van der Waals surface area (Å²) in [5.41, 5.74) is 3.28. The van der Waals surface area contributed by atoms with Crippen molar-refractivity contribution in [2.75, 3.05) is 5.43 Å². The van der Waals surface area contributed by atoms with Crippen LogP contribution in [-0.4, -0.2) is 20.2 Å². The number of hydrazine groups is 1. The monoisotopic (exact) mass is 254 g/mol. The van der Waals surface area contributed by atoms with Crippen LogP contribution in [0.5, 0.6) is 0 Å². The molecule has 6 nitrogen and oxygen atoms in total. The summed E-state index contributed by atoms with van der Waals surface area (Å²) >= 11 is 2.98. The van der Waals surface area contributed by atoms with Crippen molar-refractivity contribution in [3.8, 4) is 0 Å². The molecule has 84 valence electrons. The summed E-state index contributed by atoms with van der Waals surface area (Å²) in [5, 5.41) is 9.70. The molecule has 0 saturated heterocycles. The third-order valence-corrected chi connectivity index (χ3v) is 3.47. The Morgan fingerprint density at radius 2 is 2.12 bits per heavy atom. The van der Waals surface area contributed by atoms with Crippen molar-refractivity contribution >= 4 is 29.0 Å². The lowest BCUT2D eigenvalue weighted by molar-refractivity contribution is 0.969. The zero-order valence-corrected chi connectivity index (χ0v) is 10.4. The highest BCUT2D eigenvalue weighted by atomic mass is 32.2. The summed E-state index contributed by atoms with van der Waals surface area (Å²) in [6.45, 7) is 3.80. The van der Waals surface area contributed by atoms with E-state index in [1.54, 1.807) is 0 Å². The van der Waals surface area contributed by atoms with Gasteiger partial charge in [-0.05, 0) is 31.7 Å². The van der Waals surface area contributed by atoms with Crippen LogP contribution < -0.4 is 11.3 Å². The first-order valence-electron chi connectivity index (χ1n) is 4.47. The molecule has 0 amide bonds. The number of hydrogen-bond donors (Lipinski definition) is 2. The number of nitrogens with two attached hydrogens (primary N) is 1. The summed E-state index contributed by atoms with van der Waals surface area (Å²) in [7, 11) is 0. The summed E-state index contributed by atoms with van der Waals surface area (Å²) in [6, 6.07) is 1.88. The Balaban J connectivity index is 2.24. The first-order chi connectivity index (χ1) is 7.67. The molecule has 0 saturated carbocycles. The van der Waals surface area contributed by atoms with Gasteiger partial charge < -0.3 is 0 Å². The molecule has 2 rings (SSSR count). The van der Waals surface area contributed by atoms with Gasteiger partial charge in [0.15, 0.2) is 4.34 Å². The summed E-state index contributed by atoms with van der Waals surface area (Å²) in [5.74, 6) is 5.68. The second kappa shape index (κ2) is 4.73. The van der Waals surface area contributed by atoms with Gasteiger partial charge in [0.25, 0.3) is 0 Å². The molecule has 0 atom stereocenters. The van der Waals surface area contributed by atoms with Crippen LogP contribution in [-0.2, 0) is 0 Å². The lowest BCUT2D eigenvalue weighted by Crippen LogP contribution is -2.11. The molecule has 0 unspecified atom stereocenters. The minimum atomic E-state index is 0.406. The smallest absolute Gasteiger partial charge is 0.238 e. The molecule has 0 aliphatic rings. The largest absolute Gasteiger partial charge is 0.292 e. The van der Waals surface area contributed by atoms with E-state index in [9.17, 15) is 0 Å². The lowest BCUT2D eigenvalue weighted by Gasteiger charge is -2.02. The van der Waals surface area contributed by atoms with Crippen molar-refractivity contribution < 1.29 is 0 Å². The highest BCUT2D eigenvalue weighted by Crippen LogP contribution is 2.29. The Labute approximate surface area is 101 Å². The van der Waals surface area contributed by atoms with Crippen LogP contribution in [0, 0.1) is 13.8 Å². The molecule has 0 aliphatic heterocycles. The Hall–Kier alpha value is -1.25. The van der Waals surface area contributed by atoms with E-state index in [0.717, 1.165) is 20.1 Å². The van der Waals surface area contributed by atoms with Gasteiger partial charge in [0, 0.05) is 5.69 Å². The maximum atomic E-state index is 5.28. The molecule has 2 heterocycles. The third-order valence-electron chi connectivity index (χ3n) is 1.66. The van der Waals surface area contributed by atoms with Gasteiger partial charge in [0.05, 0.1) is 0 Å². The molecule has 0 aliphatic carbocycles. The SMILES string of the molecule is Cc1cc(Sc2nnc(C)s2)nc(NN)n1. The molecule has 0 aromatic carbocycles. The molecule has 2 aromatic rings. The first-order valence-corrected chi connectivity index (χ1v) is 6.11. The van der Waals surface area contributed by atoms with Crippen molar-refractivity contribution in [2.45, 2.75) is 23.2 Å². The molecule has 16 heavy (non-hydrogen) atoms. The fourth-order valence-corrected chi connectivity index (χ4v) is 2.89. The molecule has 3 N–H and O–H groups in total. The zero-order chi connectivity index (χ0) is 11.5. The predicted octanol–water partition coefficient (Wildman–Crippen LogP) is 1.38. The number of aryl methyl sites for hydroxylation is 2. The molecular weight excluding hydrogens is 244 g/mol. The first kappa shape index (κ1) is 11.2. The molecule has 8 heteroatoms. The van der Waals surface area contributed by atoms with E-state index in [1.807, 2.05) is 19.9 Å². The number of anilines is 1. The van der Waals surface area contributed by atoms with Crippen LogP contribution in [0.4, 0.5) is 5.95 Å². The number of nitrogen functional groups attached to an aromatic ring is 1. The van der Waals surface area contributed by atoms with Crippen molar-refractivity contribution in [1.82, 2.24) is 20.2 Å². The fourth-order valence-electron chi connectivity index (χ4n) is 1.07. The van der Waals surface area contributed by atoms with Crippen LogP contribution in [0.15, 0.2) is 15.4 Å². The molecule has 0 spiro atoms. The van der Waals surface area contributed by atoms with Crippen LogP contribution in [0.1, 0.15) is 10.7 Å². The lowest BCUT2D eigenvalue weighted by atomic mass is 10.5. The zero-order valence-electron chi connectivity index (χ0n) is 8.76. The van der Waals surface area contributed by atoms with Gasteiger partial charge in [-0.1, -0.05) is 11.3 Å². The standard InChI is InChI=1S/C8H10N6S2/c1-4-3-6(11-7(10-4)12-9)16-8-14-13-5(2)15-8/h3H,9H2,1-2H3,(H,10,11,12). The number of nitrogens with zero attached hydrogens (tertiary/aromatic N) is 4. The van der Waals surface area contributed by atoms with Crippen molar-refractivity contribution in [3.05, 3.63) is 16.8 Å². The van der Waals surface area contributed by atoms with Crippen LogP contribution in [0.2, 0.25) is 0 Å². The second-order valence-electron chi connectivity index (χ2n) is 3.00. The minimum absolute atomic E-state index is 0.406. The number of nitrogens with one attached hydrogen (secondary N) is 1. The minimum Gasteiger partial charge on any atom is -0.292 e. The van der Waals surface area contributed by atoms with Crippen LogP contribution in [0.25, 0.3) is 0 Å². The van der Waals surface area contributed by atoms with Gasteiger partial charge in [-0.15, -0.1) is 10.2 Å². The van der Waals surface area contributed by atoms with Gasteiger partial charge in [0.2, 0.25) is 5.95 Å². The summed E-state index contributed by atoms with van der Waals surface area (Å²) < 4.78 is 0.860. The van der Waals surface area contributed by atoms with E-state index >= 15 is 0 Å². The molecular formula is C8H10N6S2. The average Bonchev–Trinajstić information content (AvgIpc) is 2.63. The summed E-state index contributed by atoms with van der Waals surface area (Å²) in [4.78, 5) is 8.32. The Morgan fingerprint density at radius 3 is 2.75 bits per heavy atom. The Morgan fingerprint density at radius 1 is 1.31 bits per heavy atom. The predicted molar refractivity (Wildman–Crippen MR) is 63.3 cm³/mol. The topological polar surface area (TPSA) is 89.6 Å². The van der Waals surface area contributed by atoms with E-state index in [1.165, 1.54) is 23.1 Å². The normalized spacial score (nSPS) is 10.4. The molecule has 0 fully saturated rings. The Kier molecular flexibility index (Phi) is 3.32. The van der Waals surface area contributed by atoms with E-state index in [2.05, 4.69) is 25.6 Å². The van der Waals surface area contributed by atoms with E-state index in [0.29, 0.717) is 5.95 Å². The summed E-state index contributed by atoms with van der Waals surface area (Å²) in [6.07, 6.45) is 0. The second-order valence-corrected chi connectivity index (χ2v) is 5.45. The third kappa shape index (κ3) is 2.65. The maximum absolute atomic E-state index is 5.28. The highest BCUT2D eigenvalue weighted by molar-refractivity contribution is 8.01. The van der Waals surface area contributed by atoms with E-state index < -0.39 is 0 Å². The van der Waals surface area contributed by atoms with Gasteiger partial charge >= 0.3 is 0 Å². The van der Waals surface area contributed by atoms with Gasteiger partial charge in [-0.2, -0.15) is 0 Å². The van der Waals surface area contributed by atoms with E-state index in [4.69, 9.17) is 5.84 Å². The average molecular weight is 254 g/mol. The molecule has 0 radical (unpaired) electrons. The van der Waals surface area contributed by atoms with Gasteiger partial charge in [0.1, 0.15) is 10.0 Å². The van der Waals surface area contributed by atoms with Crippen LogP contribution in [0.3, 0.4) is 0 Å². The van der Waals surface area contributed by atoms with Gasteiger partial charge in [-0.25, -0.2) is 15.8 Å². The number of hydrogen-bond acceptors (Lipinski definition) is 8. The Bertz CT molecular complexity index is 497. The van der Waals surface area contributed by atoms with Crippen molar-refractivity contribution in [1.29, 1.82) is 0 Å².